The molecule has 1 N–H and O–H groups in total. The number of carbonyl (C=O) groups is 1. The quantitative estimate of drug-likeness (QED) is 0.256. The largest absolute Gasteiger partial charge is 0.383 e. The maximum absolute atomic E-state index is 13.3. The van der Waals surface area contributed by atoms with Crippen LogP contribution in [0.4, 0.5) is 5.95 Å². The zero-order chi connectivity index (χ0) is 28.2. The molecule has 0 radical (unpaired) electrons. The first-order valence-electron chi connectivity index (χ1n) is 12.1. The van der Waals surface area contributed by atoms with E-state index in [0.717, 1.165) is 26.7 Å². The van der Waals surface area contributed by atoms with Gasteiger partial charge in [-0.05, 0) is 73.5 Å². The Morgan fingerprint density at radius 3 is 2.23 bits per heavy atom. The highest BCUT2D eigenvalue weighted by Gasteiger charge is 2.27. The second kappa shape index (κ2) is 12.3. The van der Waals surface area contributed by atoms with E-state index in [1.807, 2.05) is 50.4 Å². The molecule has 1 heterocycles. The van der Waals surface area contributed by atoms with E-state index in [0.29, 0.717) is 15.7 Å². The first kappa shape index (κ1) is 28.8. The van der Waals surface area contributed by atoms with Crippen molar-refractivity contribution in [1.29, 1.82) is 0 Å². The molecule has 0 fully saturated rings. The number of methoxy groups -OCH3 is 1. The Labute approximate surface area is 238 Å². The van der Waals surface area contributed by atoms with Gasteiger partial charge in [-0.15, -0.1) is 0 Å². The summed E-state index contributed by atoms with van der Waals surface area (Å²) >= 11 is 12.0. The number of aryl methyl sites for hydroxylation is 2. The molecule has 0 unspecified atom stereocenters. The Balaban J connectivity index is 1.66. The number of carbonyl (C=O) groups excluding carboxylic acids is 1. The Hall–Kier alpha value is -3.21. The molecule has 8 nitrogen and oxygen atoms in total. The molecule has 0 atom stereocenters. The molecular formula is C28H28Cl2N4O4S. The van der Waals surface area contributed by atoms with Crippen LogP contribution in [-0.2, 0) is 19.6 Å². The Morgan fingerprint density at radius 1 is 0.974 bits per heavy atom. The van der Waals surface area contributed by atoms with Crippen LogP contribution in [0.3, 0.4) is 0 Å². The standard InChI is InChI=1S/C28H28Cl2N4O4S/c1-19-4-11-24(16-20(19)2)34-17-26(21-5-7-22(29)8-6-21)31-28(34)32-27(35)18-33(14-15-38-3)39(36,37)25-12-9-23(30)10-13-25/h4-13,16-17H,14-15,18H2,1-3H3,(H,31,32,35). The molecule has 0 saturated carbocycles. The predicted molar refractivity (Wildman–Crippen MR) is 154 cm³/mol. The van der Waals surface area contributed by atoms with Gasteiger partial charge in [0.1, 0.15) is 0 Å². The summed E-state index contributed by atoms with van der Waals surface area (Å²) < 4.78 is 34.6. The molecule has 204 valence electrons. The molecule has 0 spiro atoms. The molecule has 0 aliphatic heterocycles. The van der Waals surface area contributed by atoms with Gasteiger partial charge in [0.2, 0.25) is 21.9 Å². The minimum Gasteiger partial charge on any atom is -0.383 e. The molecule has 0 bridgehead atoms. The summed E-state index contributed by atoms with van der Waals surface area (Å²) in [4.78, 5) is 17.9. The highest BCUT2D eigenvalue weighted by Crippen LogP contribution is 2.27. The summed E-state index contributed by atoms with van der Waals surface area (Å²) in [7, 11) is -2.53. The maximum Gasteiger partial charge on any atom is 0.243 e. The van der Waals surface area contributed by atoms with Crippen molar-refractivity contribution < 1.29 is 17.9 Å². The van der Waals surface area contributed by atoms with Crippen molar-refractivity contribution in [3.05, 3.63) is 94.1 Å². The second-order valence-electron chi connectivity index (χ2n) is 8.93. The lowest BCUT2D eigenvalue weighted by Gasteiger charge is -2.21. The van der Waals surface area contributed by atoms with Crippen LogP contribution in [0.2, 0.25) is 10.0 Å². The number of anilines is 1. The molecule has 1 amide bonds. The van der Waals surface area contributed by atoms with Crippen LogP contribution < -0.4 is 5.32 Å². The first-order chi connectivity index (χ1) is 18.6. The van der Waals surface area contributed by atoms with Crippen LogP contribution in [-0.4, -0.2) is 55.0 Å². The van der Waals surface area contributed by atoms with Crippen LogP contribution in [0.15, 0.2) is 77.8 Å². The average Bonchev–Trinajstić information content (AvgIpc) is 3.32. The highest BCUT2D eigenvalue weighted by molar-refractivity contribution is 7.89. The van der Waals surface area contributed by atoms with Crippen molar-refractivity contribution in [1.82, 2.24) is 13.9 Å². The topological polar surface area (TPSA) is 93.5 Å². The monoisotopic (exact) mass is 586 g/mol. The molecule has 4 rings (SSSR count). The van der Waals surface area contributed by atoms with Gasteiger partial charge in [-0.25, -0.2) is 13.4 Å². The number of hydrogen-bond acceptors (Lipinski definition) is 5. The van der Waals surface area contributed by atoms with E-state index in [2.05, 4.69) is 10.3 Å². The van der Waals surface area contributed by atoms with Gasteiger partial charge in [-0.1, -0.05) is 41.4 Å². The third-order valence-corrected chi connectivity index (χ3v) is 8.55. The number of imidazole rings is 1. The molecule has 3 aromatic carbocycles. The normalized spacial score (nSPS) is 11.6. The van der Waals surface area contributed by atoms with Crippen molar-refractivity contribution in [2.24, 2.45) is 0 Å². The van der Waals surface area contributed by atoms with Gasteiger partial charge in [-0.3, -0.25) is 14.7 Å². The van der Waals surface area contributed by atoms with E-state index >= 15 is 0 Å². The van der Waals surface area contributed by atoms with Crippen LogP contribution >= 0.6 is 23.2 Å². The summed E-state index contributed by atoms with van der Waals surface area (Å²) in [6.45, 7) is 3.67. The van der Waals surface area contributed by atoms with Gasteiger partial charge in [0, 0.05) is 41.1 Å². The number of nitrogens with one attached hydrogen (secondary N) is 1. The van der Waals surface area contributed by atoms with E-state index in [1.54, 1.807) is 16.7 Å². The zero-order valence-electron chi connectivity index (χ0n) is 21.7. The van der Waals surface area contributed by atoms with E-state index in [-0.39, 0.29) is 24.0 Å². The zero-order valence-corrected chi connectivity index (χ0v) is 24.0. The first-order valence-corrected chi connectivity index (χ1v) is 14.3. The van der Waals surface area contributed by atoms with Gasteiger partial charge < -0.3 is 4.74 Å². The van der Waals surface area contributed by atoms with Gasteiger partial charge in [-0.2, -0.15) is 4.31 Å². The smallest absolute Gasteiger partial charge is 0.243 e. The summed E-state index contributed by atoms with van der Waals surface area (Å²) in [6.07, 6.45) is 1.82. The molecule has 0 aliphatic rings. The maximum atomic E-state index is 13.3. The molecule has 4 aromatic rings. The predicted octanol–water partition coefficient (Wildman–Crippen LogP) is 5.74. The van der Waals surface area contributed by atoms with Crippen molar-refractivity contribution >= 4 is 45.1 Å². The van der Waals surface area contributed by atoms with Crippen LogP contribution in [0, 0.1) is 13.8 Å². The number of hydrogen-bond donors (Lipinski definition) is 1. The number of sulfonamides is 1. The number of nitrogens with zero attached hydrogens (tertiary/aromatic N) is 3. The van der Waals surface area contributed by atoms with Crippen molar-refractivity contribution in [2.45, 2.75) is 18.7 Å². The Morgan fingerprint density at radius 2 is 1.62 bits per heavy atom. The van der Waals surface area contributed by atoms with E-state index < -0.39 is 22.5 Å². The van der Waals surface area contributed by atoms with Crippen molar-refractivity contribution in [2.75, 3.05) is 32.1 Å². The Bertz CT molecular complexity index is 1570. The Kier molecular flexibility index (Phi) is 9.09. The third-order valence-electron chi connectivity index (χ3n) is 6.18. The fourth-order valence-electron chi connectivity index (χ4n) is 3.86. The van der Waals surface area contributed by atoms with Gasteiger partial charge in [0.15, 0.2) is 0 Å². The molecule has 11 heteroatoms. The fourth-order valence-corrected chi connectivity index (χ4v) is 5.49. The third kappa shape index (κ3) is 6.87. The fraction of sp³-hybridized carbons (Fsp3) is 0.214. The molecule has 39 heavy (non-hydrogen) atoms. The van der Waals surface area contributed by atoms with E-state index in [1.165, 1.54) is 31.4 Å². The van der Waals surface area contributed by atoms with Gasteiger partial charge in [0.05, 0.1) is 23.7 Å². The number of ether oxygens (including phenoxy) is 1. The summed E-state index contributed by atoms with van der Waals surface area (Å²) in [6, 6.07) is 18.9. The molecular weight excluding hydrogens is 559 g/mol. The number of benzene rings is 3. The minimum absolute atomic E-state index is 0.0174. The number of rotatable bonds is 10. The molecule has 1 aromatic heterocycles. The van der Waals surface area contributed by atoms with Crippen LogP contribution in [0.25, 0.3) is 16.9 Å². The lowest BCUT2D eigenvalue weighted by molar-refractivity contribution is -0.116. The number of halogens is 2. The van der Waals surface area contributed by atoms with Gasteiger partial charge >= 0.3 is 0 Å². The van der Waals surface area contributed by atoms with E-state index in [4.69, 9.17) is 27.9 Å². The lowest BCUT2D eigenvalue weighted by Crippen LogP contribution is -2.40. The van der Waals surface area contributed by atoms with Crippen LogP contribution in [0.5, 0.6) is 0 Å². The molecule has 0 saturated heterocycles. The number of amides is 1. The number of aromatic nitrogens is 2. The molecule has 0 aliphatic carbocycles. The highest BCUT2D eigenvalue weighted by atomic mass is 35.5. The van der Waals surface area contributed by atoms with Crippen LogP contribution in [0.1, 0.15) is 11.1 Å². The SMILES string of the molecule is COCCN(CC(=O)Nc1nc(-c2ccc(Cl)cc2)cn1-c1ccc(C)c(C)c1)S(=O)(=O)c1ccc(Cl)cc1. The average molecular weight is 588 g/mol. The summed E-state index contributed by atoms with van der Waals surface area (Å²) in [5.74, 6) is -0.300. The summed E-state index contributed by atoms with van der Waals surface area (Å²) in [5, 5.41) is 3.81. The van der Waals surface area contributed by atoms with E-state index in [9.17, 15) is 13.2 Å². The minimum atomic E-state index is -4.00. The lowest BCUT2D eigenvalue weighted by atomic mass is 10.1. The van der Waals surface area contributed by atoms with Crippen molar-refractivity contribution in [3.63, 3.8) is 0 Å². The second-order valence-corrected chi connectivity index (χ2v) is 11.7. The van der Waals surface area contributed by atoms with Crippen molar-refractivity contribution in [3.8, 4) is 16.9 Å². The summed E-state index contributed by atoms with van der Waals surface area (Å²) in [5.41, 5.74) is 4.43. The van der Waals surface area contributed by atoms with Gasteiger partial charge in [0.25, 0.3) is 0 Å².